The number of benzene rings is 1. The van der Waals surface area contributed by atoms with Crippen molar-refractivity contribution in [1.29, 1.82) is 0 Å². The smallest absolute Gasteiger partial charge is 0.227 e. The van der Waals surface area contributed by atoms with Crippen LogP contribution < -0.4 is 5.32 Å². The highest BCUT2D eigenvalue weighted by atomic mass is 32.1. The molecule has 0 aliphatic carbocycles. The predicted molar refractivity (Wildman–Crippen MR) is 107 cm³/mol. The van der Waals surface area contributed by atoms with E-state index in [0.717, 1.165) is 67.0 Å². The SMILES string of the molecule is Cc1nnc(-c2cccc(NC(=O)C3CCN(CC4CCOC4)CC3)c2)s1. The molecule has 1 aromatic carbocycles. The van der Waals surface area contributed by atoms with Gasteiger partial charge >= 0.3 is 0 Å². The summed E-state index contributed by atoms with van der Waals surface area (Å²) >= 11 is 1.56. The van der Waals surface area contributed by atoms with Gasteiger partial charge in [0, 0.05) is 30.3 Å². The first-order chi connectivity index (χ1) is 13.2. The van der Waals surface area contributed by atoms with Crippen molar-refractivity contribution < 1.29 is 9.53 Å². The first kappa shape index (κ1) is 18.5. The average molecular weight is 387 g/mol. The molecule has 0 radical (unpaired) electrons. The molecule has 1 atom stereocenters. The van der Waals surface area contributed by atoms with Gasteiger partial charge in [0.05, 0.1) is 6.61 Å². The van der Waals surface area contributed by atoms with E-state index >= 15 is 0 Å². The highest BCUT2D eigenvalue weighted by Crippen LogP contribution is 2.27. The summed E-state index contributed by atoms with van der Waals surface area (Å²) in [6.45, 7) is 6.85. The topological polar surface area (TPSA) is 67.4 Å². The van der Waals surface area contributed by atoms with E-state index in [9.17, 15) is 4.79 Å². The summed E-state index contributed by atoms with van der Waals surface area (Å²) in [4.78, 5) is 15.2. The number of likely N-dealkylation sites (tertiary alicyclic amines) is 1. The summed E-state index contributed by atoms with van der Waals surface area (Å²) in [6.07, 6.45) is 3.02. The van der Waals surface area contributed by atoms with Gasteiger partial charge in [-0.25, -0.2) is 0 Å². The zero-order chi connectivity index (χ0) is 18.6. The number of ether oxygens (including phenoxy) is 1. The van der Waals surface area contributed by atoms with Gasteiger partial charge in [-0.1, -0.05) is 23.5 Å². The van der Waals surface area contributed by atoms with Crippen molar-refractivity contribution in [3.63, 3.8) is 0 Å². The van der Waals surface area contributed by atoms with Crippen molar-refractivity contribution >= 4 is 22.9 Å². The Morgan fingerprint density at radius 3 is 2.85 bits per heavy atom. The van der Waals surface area contributed by atoms with Gasteiger partial charge in [-0.2, -0.15) is 0 Å². The fourth-order valence-corrected chi connectivity index (χ4v) is 4.55. The minimum absolute atomic E-state index is 0.0912. The van der Waals surface area contributed by atoms with Crippen LogP contribution in [0.1, 0.15) is 24.3 Å². The van der Waals surface area contributed by atoms with Crippen molar-refractivity contribution in [3.8, 4) is 10.6 Å². The molecule has 144 valence electrons. The maximum absolute atomic E-state index is 12.7. The van der Waals surface area contributed by atoms with Crippen molar-refractivity contribution in [3.05, 3.63) is 29.3 Å². The van der Waals surface area contributed by atoms with E-state index < -0.39 is 0 Å². The lowest BCUT2D eigenvalue weighted by Crippen LogP contribution is -2.40. The average Bonchev–Trinajstić information content (AvgIpc) is 3.34. The van der Waals surface area contributed by atoms with E-state index in [2.05, 4.69) is 20.4 Å². The van der Waals surface area contributed by atoms with Gasteiger partial charge in [0.2, 0.25) is 5.91 Å². The number of nitrogens with one attached hydrogen (secondary N) is 1. The monoisotopic (exact) mass is 386 g/mol. The number of amides is 1. The number of aryl methyl sites for hydroxylation is 1. The molecule has 27 heavy (non-hydrogen) atoms. The molecular weight excluding hydrogens is 360 g/mol. The summed E-state index contributed by atoms with van der Waals surface area (Å²) in [5.41, 5.74) is 1.82. The van der Waals surface area contributed by atoms with Crippen molar-refractivity contribution in [1.82, 2.24) is 15.1 Å². The van der Waals surface area contributed by atoms with Crippen molar-refractivity contribution in [2.75, 3.05) is 38.2 Å². The zero-order valence-corrected chi connectivity index (χ0v) is 16.5. The normalized spacial score (nSPS) is 21.4. The Kier molecular flexibility index (Phi) is 5.80. The number of hydrogen-bond donors (Lipinski definition) is 1. The molecule has 3 heterocycles. The summed E-state index contributed by atoms with van der Waals surface area (Å²) in [5, 5.41) is 13.2. The Balaban J connectivity index is 1.30. The van der Waals surface area contributed by atoms with E-state index in [1.165, 1.54) is 6.42 Å². The summed E-state index contributed by atoms with van der Waals surface area (Å²) in [6, 6.07) is 7.87. The Bertz CT molecular complexity index is 780. The van der Waals surface area contributed by atoms with Gasteiger partial charge < -0.3 is 15.0 Å². The van der Waals surface area contributed by atoms with Crippen LogP contribution in [0.5, 0.6) is 0 Å². The largest absolute Gasteiger partial charge is 0.381 e. The van der Waals surface area contributed by atoms with Gasteiger partial charge in [-0.3, -0.25) is 4.79 Å². The van der Waals surface area contributed by atoms with E-state index in [1.807, 2.05) is 31.2 Å². The van der Waals surface area contributed by atoms with Crippen LogP contribution in [0.25, 0.3) is 10.6 Å². The van der Waals surface area contributed by atoms with Crippen LogP contribution >= 0.6 is 11.3 Å². The van der Waals surface area contributed by atoms with Gasteiger partial charge in [0.15, 0.2) is 0 Å². The fourth-order valence-electron chi connectivity index (χ4n) is 3.86. The van der Waals surface area contributed by atoms with Gasteiger partial charge in [0.25, 0.3) is 0 Å². The number of rotatable bonds is 5. The number of carbonyl (C=O) groups is 1. The summed E-state index contributed by atoms with van der Waals surface area (Å²) in [7, 11) is 0. The molecule has 2 saturated heterocycles. The Labute approximate surface area is 163 Å². The Morgan fingerprint density at radius 2 is 2.15 bits per heavy atom. The molecule has 0 bridgehead atoms. The third-order valence-corrected chi connectivity index (χ3v) is 6.29. The molecule has 0 spiro atoms. The third-order valence-electron chi connectivity index (χ3n) is 5.40. The molecule has 6 nitrogen and oxygen atoms in total. The van der Waals surface area contributed by atoms with Crippen molar-refractivity contribution in [2.45, 2.75) is 26.2 Å². The molecule has 2 aromatic rings. The molecule has 1 amide bonds. The molecule has 2 fully saturated rings. The molecule has 4 rings (SSSR count). The quantitative estimate of drug-likeness (QED) is 0.855. The lowest BCUT2D eigenvalue weighted by atomic mass is 9.94. The minimum atomic E-state index is 0.0912. The predicted octanol–water partition coefficient (Wildman–Crippen LogP) is 3.20. The van der Waals surface area contributed by atoms with Gasteiger partial charge in [-0.05, 0) is 57.3 Å². The first-order valence-electron chi connectivity index (χ1n) is 9.69. The van der Waals surface area contributed by atoms with Crippen molar-refractivity contribution in [2.24, 2.45) is 11.8 Å². The number of piperidine rings is 1. The standard InChI is InChI=1S/C20H26N4O2S/c1-14-22-23-20(27-14)17-3-2-4-18(11-17)21-19(25)16-5-8-24(9-6-16)12-15-7-10-26-13-15/h2-4,11,15-16H,5-10,12-13H2,1H3,(H,21,25). The minimum Gasteiger partial charge on any atom is -0.381 e. The molecule has 1 unspecified atom stereocenters. The molecule has 1 N–H and O–H groups in total. The number of hydrogen-bond acceptors (Lipinski definition) is 6. The first-order valence-corrected chi connectivity index (χ1v) is 10.5. The van der Waals surface area contributed by atoms with Gasteiger partial charge in [0.1, 0.15) is 10.0 Å². The van der Waals surface area contributed by atoms with E-state index in [4.69, 9.17) is 4.74 Å². The fraction of sp³-hybridized carbons (Fsp3) is 0.550. The van der Waals surface area contributed by atoms with E-state index in [1.54, 1.807) is 11.3 Å². The molecule has 1 aromatic heterocycles. The highest BCUT2D eigenvalue weighted by molar-refractivity contribution is 7.14. The van der Waals surface area contributed by atoms with Crippen LogP contribution in [-0.2, 0) is 9.53 Å². The van der Waals surface area contributed by atoms with Crippen LogP contribution in [0, 0.1) is 18.8 Å². The molecule has 2 aliphatic rings. The highest BCUT2D eigenvalue weighted by Gasteiger charge is 2.27. The Morgan fingerprint density at radius 1 is 1.30 bits per heavy atom. The summed E-state index contributed by atoms with van der Waals surface area (Å²) < 4.78 is 5.47. The maximum Gasteiger partial charge on any atom is 0.227 e. The summed E-state index contributed by atoms with van der Waals surface area (Å²) in [5.74, 6) is 0.889. The van der Waals surface area contributed by atoms with E-state index in [-0.39, 0.29) is 11.8 Å². The van der Waals surface area contributed by atoms with Crippen LogP contribution in [0.2, 0.25) is 0 Å². The number of anilines is 1. The molecule has 2 aliphatic heterocycles. The molecular formula is C20H26N4O2S. The third kappa shape index (κ3) is 4.72. The number of aromatic nitrogens is 2. The second kappa shape index (κ2) is 8.46. The van der Waals surface area contributed by atoms with Crippen LogP contribution in [0.3, 0.4) is 0 Å². The number of carbonyl (C=O) groups excluding carboxylic acids is 1. The lowest BCUT2D eigenvalue weighted by molar-refractivity contribution is -0.121. The molecule has 7 heteroatoms. The van der Waals surface area contributed by atoms with Crippen LogP contribution in [0.4, 0.5) is 5.69 Å². The maximum atomic E-state index is 12.7. The second-order valence-electron chi connectivity index (χ2n) is 7.50. The Hall–Kier alpha value is -1.83. The van der Waals surface area contributed by atoms with E-state index in [0.29, 0.717) is 5.92 Å². The van der Waals surface area contributed by atoms with Crippen LogP contribution in [-0.4, -0.2) is 53.9 Å². The van der Waals surface area contributed by atoms with Crippen LogP contribution in [0.15, 0.2) is 24.3 Å². The number of nitrogens with zero attached hydrogens (tertiary/aromatic N) is 3. The second-order valence-corrected chi connectivity index (χ2v) is 8.68. The molecule has 0 saturated carbocycles. The zero-order valence-electron chi connectivity index (χ0n) is 15.7. The van der Waals surface area contributed by atoms with Gasteiger partial charge in [-0.15, -0.1) is 10.2 Å². The lowest BCUT2D eigenvalue weighted by Gasteiger charge is -2.32.